The van der Waals surface area contributed by atoms with E-state index in [4.69, 9.17) is 9.47 Å². The van der Waals surface area contributed by atoms with Crippen LogP contribution in [0.1, 0.15) is 17.2 Å². The highest BCUT2D eigenvalue weighted by atomic mass is 19.1. The van der Waals surface area contributed by atoms with E-state index in [2.05, 4.69) is 5.32 Å². The van der Waals surface area contributed by atoms with Crippen LogP contribution in [0.3, 0.4) is 0 Å². The van der Waals surface area contributed by atoms with Gasteiger partial charge in [-0.25, -0.2) is 4.39 Å². The van der Waals surface area contributed by atoms with Crippen LogP contribution in [0.5, 0.6) is 5.75 Å². The van der Waals surface area contributed by atoms with Gasteiger partial charge in [0.1, 0.15) is 11.6 Å². The largest absolute Gasteiger partial charge is 0.493 e. The molecule has 1 saturated heterocycles. The van der Waals surface area contributed by atoms with Crippen LogP contribution in [-0.2, 0) is 11.2 Å². The summed E-state index contributed by atoms with van der Waals surface area (Å²) in [6.07, 6.45) is 0.604. The van der Waals surface area contributed by atoms with E-state index in [0.29, 0.717) is 25.3 Å². The van der Waals surface area contributed by atoms with E-state index in [9.17, 15) is 4.39 Å². The first-order chi connectivity index (χ1) is 7.86. The average molecular weight is 223 g/mol. The summed E-state index contributed by atoms with van der Waals surface area (Å²) in [6, 6.07) is 3.18. The summed E-state index contributed by atoms with van der Waals surface area (Å²) in [5.74, 6) is 0.628. The smallest absolute Gasteiger partial charge is 0.129 e. The molecule has 3 rings (SSSR count). The van der Waals surface area contributed by atoms with Crippen molar-refractivity contribution < 1.29 is 13.9 Å². The van der Waals surface area contributed by atoms with Gasteiger partial charge in [0.2, 0.25) is 0 Å². The van der Waals surface area contributed by atoms with Crippen LogP contribution in [0.15, 0.2) is 12.1 Å². The Morgan fingerprint density at radius 2 is 2.25 bits per heavy atom. The van der Waals surface area contributed by atoms with E-state index in [1.165, 1.54) is 6.07 Å². The molecule has 2 aliphatic heterocycles. The van der Waals surface area contributed by atoms with E-state index in [-0.39, 0.29) is 11.9 Å². The molecule has 0 aromatic heterocycles. The second kappa shape index (κ2) is 4.03. The lowest BCUT2D eigenvalue weighted by molar-refractivity contribution is 0.0250. The number of halogens is 1. The van der Waals surface area contributed by atoms with Crippen LogP contribution in [0.4, 0.5) is 4.39 Å². The molecule has 1 unspecified atom stereocenters. The summed E-state index contributed by atoms with van der Waals surface area (Å²) in [4.78, 5) is 0. The SMILES string of the molecule is Fc1ccc2c(c1C1CNCCO1)CCO2. The van der Waals surface area contributed by atoms with E-state index < -0.39 is 0 Å². The van der Waals surface area contributed by atoms with Crippen LogP contribution in [0.2, 0.25) is 0 Å². The zero-order valence-corrected chi connectivity index (χ0v) is 8.96. The summed E-state index contributed by atoms with van der Waals surface area (Å²) in [6.45, 7) is 2.79. The maximum Gasteiger partial charge on any atom is 0.129 e. The fourth-order valence-electron chi connectivity index (χ4n) is 2.37. The van der Waals surface area contributed by atoms with Gasteiger partial charge in [0, 0.05) is 30.6 Å². The molecule has 1 aromatic carbocycles. The Balaban J connectivity index is 2.01. The zero-order valence-electron chi connectivity index (χ0n) is 8.96. The van der Waals surface area contributed by atoms with Gasteiger partial charge in [-0.05, 0) is 12.1 Å². The van der Waals surface area contributed by atoms with Crippen molar-refractivity contribution in [2.45, 2.75) is 12.5 Å². The Morgan fingerprint density at radius 1 is 1.31 bits per heavy atom. The van der Waals surface area contributed by atoms with Crippen molar-refractivity contribution in [1.29, 1.82) is 0 Å². The third-order valence-corrected chi connectivity index (χ3v) is 3.12. The van der Waals surface area contributed by atoms with Crippen molar-refractivity contribution in [3.63, 3.8) is 0 Å². The van der Waals surface area contributed by atoms with Crippen molar-refractivity contribution in [1.82, 2.24) is 5.32 Å². The lowest BCUT2D eigenvalue weighted by Gasteiger charge is -2.25. The van der Waals surface area contributed by atoms with Crippen molar-refractivity contribution in [3.05, 3.63) is 29.1 Å². The van der Waals surface area contributed by atoms with Crippen molar-refractivity contribution >= 4 is 0 Å². The number of hydrogen-bond acceptors (Lipinski definition) is 3. The monoisotopic (exact) mass is 223 g/mol. The number of ether oxygens (including phenoxy) is 2. The van der Waals surface area contributed by atoms with Gasteiger partial charge in [-0.1, -0.05) is 0 Å². The molecule has 2 aliphatic rings. The Hall–Kier alpha value is -1.13. The van der Waals surface area contributed by atoms with Gasteiger partial charge in [0.15, 0.2) is 0 Å². The van der Waals surface area contributed by atoms with Gasteiger partial charge in [-0.2, -0.15) is 0 Å². The van der Waals surface area contributed by atoms with Gasteiger partial charge < -0.3 is 14.8 Å². The predicted octanol–water partition coefficient (Wildman–Crippen LogP) is 1.42. The van der Waals surface area contributed by atoms with E-state index in [1.54, 1.807) is 6.07 Å². The first-order valence-corrected chi connectivity index (χ1v) is 5.62. The zero-order chi connectivity index (χ0) is 11.0. The summed E-state index contributed by atoms with van der Waals surface area (Å²) in [5, 5.41) is 3.22. The highest BCUT2D eigenvalue weighted by Gasteiger charge is 2.27. The molecule has 16 heavy (non-hydrogen) atoms. The molecule has 3 nitrogen and oxygen atoms in total. The highest BCUT2D eigenvalue weighted by molar-refractivity contribution is 5.45. The van der Waals surface area contributed by atoms with Gasteiger partial charge in [0.05, 0.1) is 19.3 Å². The van der Waals surface area contributed by atoms with Crippen molar-refractivity contribution in [2.75, 3.05) is 26.3 Å². The first-order valence-electron chi connectivity index (χ1n) is 5.62. The van der Waals surface area contributed by atoms with Crippen molar-refractivity contribution in [3.8, 4) is 5.75 Å². The molecular formula is C12H14FNO2. The summed E-state index contributed by atoms with van der Waals surface area (Å²) in [7, 11) is 0. The topological polar surface area (TPSA) is 30.5 Å². The number of nitrogens with one attached hydrogen (secondary N) is 1. The lowest BCUT2D eigenvalue weighted by Crippen LogP contribution is -2.34. The third-order valence-electron chi connectivity index (χ3n) is 3.12. The van der Waals surface area contributed by atoms with E-state index in [0.717, 1.165) is 24.3 Å². The first kappa shape index (κ1) is 10.1. The van der Waals surface area contributed by atoms with Gasteiger partial charge in [-0.15, -0.1) is 0 Å². The second-order valence-electron chi connectivity index (χ2n) is 4.10. The summed E-state index contributed by atoms with van der Waals surface area (Å²) >= 11 is 0. The van der Waals surface area contributed by atoms with Gasteiger partial charge in [-0.3, -0.25) is 0 Å². The third kappa shape index (κ3) is 1.58. The highest BCUT2D eigenvalue weighted by Crippen LogP contribution is 2.35. The molecule has 1 aromatic rings. The van der Waals surface area contributed by atoms with E-state index in [1.807, 2.05) is 0 Å². The fourth-order valence-corrected chi connectivity index (χ4v) is 2.37. The Kier molecular flexibility index (Phi) is 2.53. The Bertz CT molecular complexity index is 402. The maximum absolute atomic E-state index is 13.9. The summed E-state index contributed by atoms with van der Waals surface area (Å²) < 4.78 is 24.9. The van der Waals surface area contributed by atoms with E-state index >= 15 is 0 Å². The van der Waals surface area contributed by atoms with Crippen LogP contribution in [0.25, 0.3) is 0 Å². The molecule has 0 aliphatic carbocycles. The molecule has 0 bridgehead atoms. The number of rotatable bonds is 1. The molecule has 1 fully saturated rings. The fraction of sp³-hybridized carbons (Fsp3) is 0.500. The maximum atomic E-state index is 13.9. The Labute approximate surface area is 93.6 Å². The molecule has 1 N–H and O–H groups in total. The number of benzene rings is 1. The summed E-state index contributed by atoms with van der Waals surface area (Å²) in [5.41, 5.74) is 1.66. The Morgan fingerprint density at radius 3 is 3.06 bits per heavy atom. The minimum absolute atomic E-state index is 0.176. The standard InChI is InChI=1S/C12H14FNO2/c13-9-1-2-10-8(3-5-15-10)12(9)11-7-14-4-6-16-11/h1-2,11,14H,3-7H2. The molecule has 0 saturated carbocycles. The molecule has 86 valence electrons. The minimum atomic E-state index is -0.182. The molecular weight excluding hydrogens is 209 g/mol. The molecule has 0 amide bonds. The molecule has 1 atom stereocenters. The minimum Gasteiger partial charge on any atom is -0.493 e. The van der Waals surface area contributed by atoms with Crippen LogP contribution in [0, 0.1) is 5.82 Å². The molecule has 0 radical (unpaired) electrons. The normalized spacial score (nSPS) is 23.9. The second-order valence-corrected chi connectivity index (χ2v) is 4.10. The molecule has 0 spiro atoms. The number of fused-ring (bicyclic) bond motifs is 1. The van der Waals surface area contributed by atoms with Crippen LogP contribution < -0.4 is 10.1 Å². The van der Waals surface area contributed by atoms with Gasteiger partial charge >= 0.3 is 0 Å². The van der Waals surface area contributed by atoms with Gasteiger partial charge in [0.25, 0.3) is 0 Å². The quantitative estimate of drug-likeness (QED) is 0.781. The predicted molar refractivity (Wildman–Crippen MR) is 57.2 cm³/mol. The number of hydrogen-bond donors (Lipinski definition) is 1. The van der Waals surface area contributed by atoms with Crippen LogP contribution in [-0.4, -0.2) is 26.3 Å². The number of morpholine rings is 1. The molecule has 2 heterocycles. The van der Waals surface area contributed by atoms with Crippen LogP contribution >= 0.6 is 0 Å². The lowest BCUT2D eigenvalue weighted by atomic mass is 9.99. The van der Waals surface area contributed by atoms with Crippen molar-refractivity contribution in [2.24, 2.45) is 0 Å². The molecule has 4 heteroatoms. The average Bonchev–Trinajstić information content (AvgIpc) is 2.78.